The van der Waals surface area contributed by atoms with Gasteiger partial charge in [-0.05, 0) is 30.5 Å². The maximum atomic E-state index is 12.5. The van der Waals surface area contributed by atoms with Crippen LogP contribution >= 0.6 is 15.9 Å². The highest BCUT2D eigenvalue weighted by Gasteiger charge is 2.20. The summed E-state index contributed by atoms with van der Waals surface area (Å²) in [4.78, 5) is 29.5. The molecule has 1 aliphatic heterocycles. The maximum Gasteiger partial charge on any atom is 0.329 e. The van der Waals surface area contributed by atoms with Crippen LogP contribution in [0.1, 0.15) is 24.0 Å². The van der Waals surface area contributed by atoms with Gasteiger partial charge in [0.2, 0.25) is 0 Å². The standard InChI is InChI=1S/C16H18BrN3O2/c1-19-15(21)13(10-11-4-6-12(17)7-5-11)14(18-16(19)22)20-8-2-3-9-20/h4-7H,2-3,8-10H2,1H3,(H,18,22). The third-order valence-electron chi connectivity index (χ3n) is 4.10. The molecule has 2 heterocycles. The van der Waals surface area contributed by atoms with E-state index in [4.69, 9.17) is 0 Å². The van der Waals surface area contributed by atoms with E-state index >= 15 is 0 Å². The number of anilines is 1. The molecule has 1 aliphatic rings. The van der Waals surface area contributed by atoms with Crippen LogP contribution in [0.25, 0.3) is 0 Å². The fourth-order valence-corrected chi connectivity index (χ4v) is 3.10. The second kappa shape index (κ2) is 6.12. The highest BCUT2D eigenvalue weighted by Crippen LogP contribution is 2.21. The molecule has 0 aliphatic carbocycles. The minimum absolute atomic E-state index is 0.214. The fraction of sp³-hybridized carbons (Fsp3) is 0.375. The lowest BCUT2D eigenvalue weighted by molar-refractivity contribution is 0.745. The minimum Gasteiger partial charge on any atom is -0.358 e. The lowest BCUT2D eigenvalue weighted by Crippen LogP contribution is -2.38. The first-order valence-electron chi connectivity index (χ1n) is 7.38. The Kier molecular flexibility index (Phi) is 4.20. The Morgan fingerprint density at radius 1 is 1.14 bits per heavy atom. The number of hydrogen-bond acceptors (Lipinski definition) is 3. The summed E-state index contributed by atoms with van der Waals surface area (Å²) in [5.41, 5.74) is 1.14. The van der Waals surface area contributed by atoms with E-state index < -0.39 is 0 Å². The Morgan fingerprint density at radius 3 is 2.41 bits per heavy atom. The first-order chi connectivity index (χ1) is 10.6. The van der Waals surface area contributed by atoms with Crippen molar-refractivity contribution in [3.05, 3.63) is 60.7 Å². The molecule has 0 amide bonds. The molecule has 0 radical (unpaired) electrons. The predicted molar refractivity (Wildman–Crippen MR) is 90.7 cm³/mol. The fourth-order valence-electron chi connectivity index (χ4n) is 2.83. The van der Waals surface area contributed by atoms with Gasteiger partial charge < -0.3 is 4.90 Å². The molecule has 0 bridgehead atoms. The van der Waals surface area contributed by atoms with E-state index in [-0.39, 0.29) is 11.2 Å². The average Bonchev–Trinajstić information content (AvgIpc) is 3.04. The number of nitrogens with one attached hydrogen (secondary N) is 1. The van der Waals surface area contributed by atoms with Crippen molar-refractivity contribution in [1.29, 1.82) is 0 Å². The maximum absolute atomic E-state index is 12.5. The van der Waals surface area contributed by atoms with Crippen molar-refractivity contribution >= 4 is 21.7 Å². The van der Waals surface area contributed by atoms with Gasteiger partial charge in [-0.2, -0.15) is 0 Å². The first-order valence-corrected chi connectivity index (χ1v) is 8.17. The zero-order valence-corrected chi connectivity index (χ0v) is 14.0. The lowest BCUT2D eigenvalue weighted by Gasteiger charge is -2.20. The summed E-state index contributed by atoms with van der Waals surface area (Å²) in [6, 6.07) is 7.90. The molecular formula is C16H18BrN3O2. The zero-order chi connectivity index (χ0) is 15.7. The summed E-state index contributed by atoms with van der Waals surface area (Å²) in [6.07, 6.45) is 2.70. The zero-order valence-electron chi connectivity index (χ0n) is 12.4. The topological polar surface area (TPSA) is 58.1 Å². The van der Waals surface area contributed by atoms with Crippen molar-refractivity contribution in [2.75, 3.05) is 18.0 Å². The molecule has 0 spiro atoms. The second-order valence-corrected chi connectivity index (χ2v) is 6.53. The van der Waals surface area contributed by atoms with E-state index in [0.29, 0.717) is 17.8 Å². The molecule has 5 nitrogen and oxygen atoms in total. The Balaban J connectivity index is 2.07. The number of rotatable bonds is 3. The van der Waals surface area contributed by atoms with Crippen molar-refractivity contribution in [3.63, 3.8) is 0 Å². The highest BCUT2D eigenvalue weighted by atomic mass is 79.9. The Bertz CT molecular complexity index is 787. The number of aromatic nitrogens is 2. The van der Waals surface area contributed by atoms with Crippen LogP contribution in [0.5, 0.6) is 0 Å². The van der Waals surface area contributed by atoms with E-state index in [1.807, 2.05) is 24.3 Å². The van der Waals surface area contributed by atoms with E-state index in [9.17, 15) is 9.59 Å². The van der Waals surface area contributed by atoms with Gasteiger partial charge in [0.25, 0.3) is 5.56 Å². The van der Waals surface area contributed by atoms with Crippen LogP contribution < -0.4 is 16.1 Å². The molecule has 3 rings (SSSR count). The van der Waals surface area contributed by atoms with Crippen LogP contribution in [0.3, 0.4) is 0 Å². The van der Waals surface area contributed by atoms with Gasteiger partial charge in [0.05, 0.1) is 5.56 Å². The number of benzene rings is 1. The molecule has 1 saturated heterocycles. The molecule has 0 atom stereocenters. The van der Waals surface area contributed by atoms with Crippen molar-refractivity contribution < 1.29 is 0 Å². The van der Waals surface area contributed by atoms with Gasteiger partial charge in [-0.25, -0.2) is 4.79 Å². The van der Waals surface area contributed by atoms with Gasteiger partial charge in [-0.1, -0.05) is 28.1 Å². The number of nitrogens with zero attached hydrogens (tertiary/aromatic N) is 2. The van der Waals surface area contributed by atoms with Crippen LogP contribution in [0, 0.1) is 0 Å². The molecule has 1 fully saturated rings. The van der Waals surface area contributed by atoms with E-state index in [1.54, 1.807) is 0 Å². The van der Waals surface area contributed by atoms with Gasteiger partial charge in [-0.15, -0.1) is 0 Å². The number of H-pyrrole nitrogens is 1. The third kappa shape index (κ3) is 2.88. The van der Waals surface area contributed by atoms with Crippen LogP contribution in [0.4, 0.5) is 5.82 Å². The van der Waals surface area contributed by atoms with Crippen molar-refractivity contribution in [2.45, 2.75) is 19.3 Å². The lowest BCUT2D eigenvalue weighted by atomic mass is 10.1. The number of hydrogen-bond donors (Lipinski definition) is 1. The number of aromatic amines is 1. The van der Waals surface area contributed by atoms with Crippen LogP contribution in [-0.4, -0.2) is 22.6 Å². The average molecular weight is 364 g/mol. The Labute approximate surface area is 136 Å². The van der Waals surface area contributed by atoms with Crippen LogP contribution in [0.2, 0.25) is 0 Å². The number of halogens is 1. The smallest absolute Gasteiger partial charge is 0.329 e. The largest absolute Gasteiger partial charge is 0.358 e. The summed E-state index contributed by atoms with van der Waals surface area (Å²) >= 11 is 3.41. The molecule has 2 aromatic rings. The molecule has 1 N–H and O–H groups in total. The van der Waals surface area contributed by atoms with Gasteiger partial charge >= 0.3 is 5.69 Å². The summed E-state index contributed by atoms with van der Waals surface area (Å²) in [7, 11) is 1.51. The van der Waals surface area contributed by atoms with Crippen LogP contribution in [-0.2, 0) is 13.5 Å². The van der Waals surface area contributed by atoms with E-state index in [0.717, 1.165) is 40.5 Å². The van der Waals surface area contributed by atoms with Gasteiger partial charge in [-0.3, -0.25) is 14.3 Å². The van der Waals surface area contributed by atoms with Crippen molar-refractivity contribution in [3.8, 4) is 0 Å². The van der Waals surface area contributed by atoms with Gasteiger partial charge in [0, 0.05) is 31.0 Å². The van der Waals surface area contributed by atoms with E-state index in [2.05, 4.69) is 25.8 Å². The molecule has 22 heavy (non-hydrogen) atoms. The molecule has 1 aromatic heterocycles. The summed E-state index contributed by atoms with van der Waals surface area (Å²) < 4.78 is 2.15. The van der Waals surface area contributed by atoms with Gasteiger partial charge in [0.15, 0.2) is 0 Å². The van der Waals surface area contributed by atoms with Crippen molar-refractivity contribution in [1.82, 2.24) is 9.55 Å². The first kappa shape index (κ1) is 15.1. The van der Waals surface area contributed by atoms with Gasteiger partial charge in [0.1, 0.15) is 5.82 Å². The molecule has 116 valence electrons. The molecule has 6 heteroatoms. The molecule has 1 aromatic carbocycles. The Hall–Kier alpha value is -1.82. The second-order valence-electron chi connectivity index (χ2n) is 5.62. The SMILES string of the molecule is Cn1c(=O)[nH]c(N2CCCC2)c(Cc2ccc(Br)cc2)c1=O. The normalized spacial score (nSPS) is 14.5. The quantitative estimate of drug-likeness (QED) is 0.907. The monoisotopic (exact) mass is 363 g/mol. The summed E-state index contributed by atoms with van der Waals surface area (Å²) in [5.74, 6) is 0.688. The molecular weight excluding hydrogens is 346 g/mol. The minimum atomic E-state index is -0.355. The summed E-state index contributed by atoms with van der Waals surface area (Å²) in [5, 5.41) is 0. The highest BCUT2D eigenvalue weighted by molar-refractivity contribution is 9.10. The van der Waals surface area contributed by atoms with Crippen LogP contribution in [0.15, 0.2) is 38.3 Å². The molecule has 0 saturated carbocycles. The van der Waals surface area contributed by atoms with E-state index in [1.165, 1.54) is 7.05 Å². The van der Waals surface area contributed by atoms with Crippen molar-refractivity contribution in [2.24, 2.45) is 7.05 Å². The summed E-state index contributed by atoms with van der Waals surface area (Å²) in [6.45, 7) is 1.77. The molecule has 0 unspecified atom stereocenters. The predicted octanol–water partition coefficient (Wildman–Crippen LogP) is 2.03. The Morgan fingerprint density at radius 2 is 1.77 bits per heavy atom. The third-order valence-corrected chi connectivity index (χ3v) is 4.62.